The molecule has 0 saturated carbocycles. The number of carboxylic acid groups (broad SMARTS) is 1. The molecule has 1 unspecified atom stereocenters. The first-order valence-corrected chi connectivity index (χ1v) is 11.6. The second kappa shape index (κ2) is 17.5. The summed E-state index contributed by atoms with van der Waals surface area (Å²) < 4.78 is 0. The monoisotopic (exact) mass is 386 g/mol. The van der Waals surface area contributed by atoms with Gasteiger partial charge in [0, 0.05) is 0 Å². The molecule has 158 valence electrons. The molecule has 0 spiro atoms. The number of carboxylic acids is 1. The Morgan fingerprint density at radius 3 is 1.61 bits per heavy atom. The molecule has 0 aliphatic heterocycles. The minimum absolute atomic E-state index is 0.358. The first-order chi connectivity index (χ1) is 13.7. The third-order valence-electron chi connectivity index (χ3n) is 5.68. The lowest BCUT2D eigenvalue weighted by atomic mass is 10.00. The molecule has 0 aliphatic carbocycles. The molecule has 0 amide bonds. The maximum absolute atomic E-state index is 10.9. The Kier molecular flexibility index (Phi) is 15.3. The molecule has 2 nitrogen and oxygen atoms in total. The van der Waals surface area contributed by atoms with Crippen LogP contribution < -0.4 is 0 Å². The van der Waals surface area contributed by atoms with Gasteiger partial charge in [-0.2, -0.15) is 0 Å². The third kappa shape index (κ3) is 13.6. The maximum atomic E-state index is 10.9. The normalized spacial score (nSPS) is 12.0. The number of aryl methyl sites for hydroxylation is 1. The van der Waals surface area contributed by atoms with E-state index in [0.29, 0.717) is 0 Å². The number of unbranched alkanes of at least 4 members (excludes halogenated alkanes) is 13. The highest BCUT2D eigenvalue weighted by Crippen LogP contribution is 2.16. The Balaban J connectivity index is 1.75. The van der Waals surface area contributed by atoms with Crippen molar-refractivity contribution in [3.8, 4) is 0 Å². The van der Waals surface area contributed by atoms with Gasteiger partial charge in [0.1, 0.15) is 0 Å². The molecule has 28 heavy (non-hydrogen) atoms. The van der Waals surface area contributed by atoms with Crippen LogP contribution in [0.1, 0.15) is 102 Å². The van der Waals surface area contributed by atoms with E-state index in [1.54, 1.807) is 6.08 Å². The molecule has 1 rings (SSSR count). The van der Waals surface area contributed by atoms with Gasteiger partial charge in [-0.1, -0.05) is 120 Å². The van der Waals surface area contributed by atoms with Gasteiger partial charge in [0.05, 0.1) is 5.92 Å². The molecule has 0 fully saturated rings. The van der Waals surface area contributed by atoms with Crippen LogP contribution in [0.4, 0.5) is 0 Å². The van der Waals surface area contributed by atoms with Gasteiger partial charge in [0.25, 0.3) is 0 Å². The first kappa shape index (κ1) is 24.5. The zero-order valence-electron chi connectivity index (χ0n) is 17.9. The van der Waals surface area contributed by atoms with Gasteiger partial charge in [-0.15, -0.1) is 6.58 Å². The van der Waals surface area contributed by atoms with Crippen LogP contribution in [-0.4, -0.2) is 11.1 Å². The highest BCUT2D eigenvalue weighted by atomic mass is 16.4. The topological polar surface area (TPSA) is 37.3 Å². The molecule has 1 atom stereocenters. The number of benzene rings is 1. The number of hydrogen-bond donors (Lipinski definition) is 1. The predicted octanol–water partition coefficient (Wildman–Crippen LogP) is 7.97. The van der Waals surface area contributed by atoms with Crippen LogP contribution >= 0.6 is 0 Å². The first-order valence-electron chi connectivity index (χ1n) is 11.6. The van der Waals surface area contributed by atoms with Crippen LogP contribution in [0.3, 0.4) is 0 Å². The number of rotatable bonds is 19. The van der Waals surface area contributed by atoms with Crippen molar-refractivity contribution in [2.24, 2.45) is 5.92 Å². The lowest BCUT2D eigenvalue weighted by Crippen LogP contribution is -2.10. The van der Waals surface area contributed by atoms with E-state index in [0.717, 1.165) is 19.3 Å². The second-order valence-corrected chi connectivity index (χ2v) is 8.15. The van der Waals surface area contributed by atoms with Crippen molar-refractivity contribution < 1.29 is 9.90 Å². The summed E-state index contributed by atoms with van der Waals surface area (Å²) >= 11 is 0. The second-order valence-electron chi connectivity index (χ2n) is 8.15. The standard InChI is InChI=1S/C26H42O2/c1-2-25(26(27)28)23-19-14-12-10-8-6-4-3-5-7-9-11-13-16-20-24-21-17-15-18-22-24/h2,15,17-18,21-22,25H,1,3-14,16,19-20,23H2,(H,27,28). The SMILES string of the molecule is C=CC(CCCCCCCCCCCCCCCCc1ccccc1)C(=O)O. The number of hydrogen-bond acceptors (Lipinski definition) is 1. The summed E-state index contributed by atoms with van der Waals surface area (Å²) in [5.74, 6) is -1.09. The molecule has 0 aromatic heterocycles. The van der Waals surface area contributed by atoms with Gasteiger partial charge in [0.2, 0.25) is 0 Å². The number of aliphatic carboxylic acids is 1. The molecule has 0 saturated heterocycles. The number of carbonyl (C=O) groups is 1. The summed E-state index contributed by atoms with van der Waals surface area (Å²) in [6.07, 6.45) is 22.0. The van der Waals surface area contributed by atoms with E-state index in [-0.39, 0.29) is 5.92 Å². The van der Waals surface area contributed by atoms with E-state index in [2.05, 4.69) is 36.9 Å². The highest BCUT2D eigenvalue weighted by molar-refractivity contribution is 5.71. The molecule has 2 heteroatoms. The zero-order valence-corrected chi connectivity index (χ0v) is 17.9. The maximum Gasteiger partial charge on any atom is 0.310 e. The van der Waals surface area contributed by atoms with Crippen LogP contribution in [-0.2, 0) is 11.2 Å². The Hall–Kier alpha value is -1.57. The van der Waals surface area contributed by atoms with Crippen molar-refractivity contribution >= 4 is 5.97 Å². The van der Waals surface area contributed by atoms with E-state index in [1.165, 1.54) is 89.0 Å². The molecular weight excluding hydrogens is 344 g/mol. The predicted molar refractivity (Wildman–Crippen MR) is 121 cm³/mol. The zero-order chi connectivity index (χ0) is 20.3. The van der Waals surface area contributed by atoms with Gasteiger partial charge >= 0.3 is 5.97 Å². The Morgan fingerprint density at radius 1 is 0.750 bits per heavy atom. The fraction of sp³-hybridized carbons (Fsp3) is 0.654. The van der Waals surface area contributed by atoms with E-state index in [4.69, 9.17) is 5.11 Å². The Labute approximate surface area is 173 Å². The van der Waals surface area contributed by atoms with Crippen molar-refractivity contribution in [3.63, 3.8) is 0 Å². The van der Waals surface area contributed by atoms with Crippen molar-refractivity contribution in [1.29, 1.82) is 0 Å². The van der Waals surface area contributed by atoms with Gasteiger partial charge in [-0.3, -0.25) is 4.79 Å². The molecule has 0 heterocycles. The van der Waals surface area contributed by atoms with Crippen molar-refractivity contribution in [2.45, 2.75) is 103 Å². The lowest BCUT2D eigenvalue weighted by molar-refractivity contribution is -0.140. The van der Waals surface area contributed by atoms with Gasteiger partial charge in [-0.05, 0) is 24.8 Å². The van der Waals surface area contributed by atoms with E-state index >= 15 is 0 Å². The van der Waals surface area contributed by atoms with Gasteiger partial charge in [0.15, 0.2) is 0 Å². The fourth-order valence-electron chi connectivity index (χ4n) is 3.80. The van der Waals surface area contributed by atoms with Crippen molar-refractivity contribution in [1.82, 2.24) is 0 Å². The molecule has 1 aromatic carbocycles. The summed E-state index contributed by atoms with van der Waals surface area (Å²) in [5.41, 5.74) is 1.48. The summed E-state index contributed by atoms with van der Waals surface area (Å²) in [4.78, 5) is 10.9. The van der Waals surface area contributed by atoms with Crippen LogP contribution in [0, 0.1) is 5.92 Å². The highest BCUT2D eigenvalue weighted by Gasteiger charge is 2.11. The minimum atomic E-state index is -0.734. The molecule has 1 N–H and O–H groups in total. The molecule has 1 aromatic rings. The smallest absolute Gasteiger partial charge is 0.310 e. The fourth-order valence-corrected chi connectivity index (χ4v) is 3.80. The lowest BCUT2D eigenvalue weighted by Gasteiger charge is -2.06. The van der Waals surface area contributed by atoms with Gasteiger partial charge < -0.3 is 5.11 Å². The van der Waals surface area contributed by atoms with Crippen molar-refractivity contribution in [2.75, 3.05) is 0 Å². The average Bonchev–Trinajstić information content (AvgIpc) is 2.71. The summed E-state index contributed by atoms with van der Waals surface area (Å²) in [5, 5.41) is 8.96. The summed E-state index contributed by atoms with van der Waals surface area (Å²) in [7, 11) is 0. The van der Waals surface area contributed by atoms with Crippen LogP contribution in [0.5, 0.6) is 0 Å². The minimum Gasteiger partial charge on any atom is -0.481 e. The largest absolute Gasteiger partial charge is 0.481 e. The van der Waals surface area contributed by atoms with E-state index < -0.39 is 5.97 Å². The molecular formula is C26H42O2. The van der Waals surface area contributed by atoms with Crippen LogP contribution in [0.2, 0.25) is 0 Å². The summed E-state index contributed by atoms with van der Waals surface area (Å²) in [6.45, 7) is 3.60. The van der Waals surface area contributed by atoms with Gasteiger partial charge in [-0.25, -0.2) is 0 Å². The van der Waals surface area contributed by atoms with E-state index in [1.807, 2.05) is 0 Å². The van der Waals surface area contributed by atoms with E-state index in [9.17, 15) is 4.79 Å². The van der Waals surface area contributed by atoms with Crippen LogP contribution in [0.25, 0.3) is 0 Å². The Morgan fingerprint density at radius 2 is 1.18 bits per heavy atom. The third-order valence-corrected chi connectivity index (χ3v) is 5.68. The molecule has 0 radical (unpaired) electrons. The molecule has 0 bridgehead atoms. The average molecular weight is 387 g/mol. The Bertz CT molecular complexity index is 494. The molecule has 0 aliphatic rings. The van der Waals surface area contributed by atoms with Crippen LogP contribution in [0.15, 0.2) is 43.0 Å². The summed E-state index contributed by atoms with van der Waals surface area (Å²) in [6, 6.07) is 10.8. The quantitative estimate of drug-likeness (QED) is 0.193. The van der Waals surface area contributed by atoms with Crippen molar-refractivity contribution in [3.05, 3.63) is 48.6 Å².